The molecule has 0 aromatic heterocycles. The predicted octanol–water partition coefficient (Wildman–Crippen LogP) is 5.52. The molecule has 1 radical (unpaired) electrons. The zero-order valence-electron chi connectivity index (χ0n) is 10.6. The van der Waals surface area contributed by atoms with Crippen molar-refractivity contribution in [3.63, 3.8) is 0 Å². The van der Waals surface area contributed by atoms with Crippen LogP contribution in [0.5, 0.6) is 0 Å². The Bertz CT molecular complexity index is 88.2. The summed E-state index contributed by atoms with van der Waals surface area (Å²) >= 11 is 0. The predicted molar refractivity (Wildman–Crippen MR) is 66.4 cm³/mol. The Hall–Kier alpha value is 0. The number of hydrogen-bond acceptors (Lipinski definition) is 0. The highest BCUT2D eigenvalue weighted by atomic mass is 14.1. The molecule has 0 N–H and O–H groups in total. The van der Waals surface area contributed by atoms with Crippen LogP contribution < -0.4 is 0 Å². The molecule has 0 fully saturated rings. The first kappa shape index (κ1) is 14.0. The molecule has 14 heavy (non-hydrogen) atoms. The normalized spacial score (nSPS) is 11.1. The zero-order valence-corrected chi connectivity index (χ0v) is 10.6. The molecule has 85 valence electrons. The van der Waals surface area contributed by atoms with Crippen molar-refractivity contribution in [3.05, 3.63) is 5.92 Å². The van der Waals surface area contributed by atoms with Crippen LogP contribution >= 0.6 is 0 Å². The lowest BCUT2D eigenvalue weighted by Gasteiger charge is -2.15. The zero-order chi connectivity index (χ0) is 10.6. The molecule has 0 aromatic carbocycles. The molecular weight excluding hydrogens is 168 g/mol. The second kappa shape index (κ2) is 11.1. The van der Waals surface area contributed by atoms with Crippen molar-refractivity contribution < 1.29 is 0 Å². The summed E-state index contributed by atoms with van der Waals surface area (Å²) in [4.78, 5) is 0. The van der Waals surface area contributed by atoms with Crippen molar-refractivity contribution in [2.24, 2.45) is 0 Å². The van der Waals surface area contributed by atoms with Gasteiger partial charge in [-0.1, -0.05) is 65.7 Å². The van der Waals surface area contributed by atoms with Gasteiger partial charge in [-0.15, -0.1) is 0 Å². The van der Waals surface area contributed by atoms with E-state index in [2.05, 4.69) is 20.8 Å². The summed E-state index contributed by atoms with van der Waals surface area (Å²) in [5.41, 5.74) is 0. The lowest BCUT2D eigenvalue weighted by atomic mass is 9.91. The highest BCUT2D eigenvalue weighted by Gasteiger charge is 2.07. The van der Waals surface area contributed by atoms with Crippen molar-refractivity contribution in [2.45, 2.75) is 85.0 Å². The lowest BCUT2D eigenvalue weighted by molar-refractivity contribution is 0.559. The molecule has 0 saturated carbocycles. The van der Waals surface area contributed by atoms with Gasteiger partial charge in [-0.2, -0.15) is 0 Å². The first-order valence-corrected chi connectivity index (χ1v) is 6.68. The number of unbranched alkanes of at least 4 members (excludes halogenated alkanes) is 4. The summed E-state index contributed by atoms with van der Waals surface area (Å²) in [6.45, 7) is 6.88. The average molecular weight is 197 g/mol. The quantitative estimate of drug-likeness (QED) is 0.404. The van der Waals surface area contributed by atoms with Crippen molar-refractivity contribution in [3.8, 4) is 0 Å². The van der Waals surface area contributed by atoms with Crippen molar-refractivity contribution in [1.29, 1.82) is 0 Å². The van der Waals surface area contributed by atoms with Gasteiger partial charge in [-0.05, 0) is 25.2 Å². The topological polar surface area (TPSA) is 0 Å². The molecule has 0 aromatic rings. The highest BCUT2D eigenvalue weighted by Crippen LogP contribution is 2.24. The largest absolute Gasteiger partial charge is 0.0654 e. The van der Waals surface area contributed by atoms with Gasteiger partial charge in [-0.3, -0.25) is 0 Å². The monoisotopic (exact) mass is 197 g/mol. The minimum absolute atomic E-state index is 1.35. The molecule has 0 bridgehead atoms. The SMILES string of the molecule is CCCCC[C](CCCC)CCCC. The summed E-state index contributed by atoms with van der Waals surface area (Å²) in [6.07, 6.45) is 13.9. The van der Waals surface area contributed by atoms with Gasteiger partial charge in [0.25, 0.3) is 0 Å². The van der Waals surface area contributed by atoms with Crippen LogP contribution in [0.1, 0.15) is 85.0 Å². The van der Waals surface area contributed by atoms with Crippen LogP contribution in [0.2, 0.25) is 0 Å². The van der Waals surface area contributed by atoms with Crippen molar-refractivity contribution in [2.75, 3.05) is 0 Å². The average Bonchev–Trinajstić information content (AvgIpc) is 2.21. The van der Waals surface area contributed by atoms with Crippen LogP contribution in [-0.2, 0) is 0 Å². The van der Waals surface area contributed by atoms with Gasteiger partial charge in [0.1, 0.15) is 0 Å². The minimum atomic E-state index is 1.35. The number of rotatable bonds is 10. The summed E-state index contributed by atoms with van der Waals surface area (Å²) < 4.78 is 0. The molecule has 0 unspecified atom stereocenters. The summed E-state index contributed by atoms with van der Waals surface area (Å²) in [5, 5.41) is 0. The molecule has 0 heterocycles. The van der Waals surface area contributed by atoms with E-state index in [1.807, 2.05) is 5.92 Å². The van der Waals surface area contributed by atoms with Gasteiger partial charge in [0.2, 0.25) is 0 Å². The van der Waals surface area contributed by atoms with Crippen molar-refractivity contribution in [1.82, 2.24) is 0 Å². The van der Waals surface area contributed by atoms with E-state index in [-0.39, 0.29) is 0 Å². The molecule has 0 rings (SSSR count). The Labute approximate surface area is 91.5 Å². The fourth-order valence-electron chi connectivity index (χ4n) is 1.85. The summed E-state index contributed by atoms with van der Waals surface area (Å²) in [6, 6.07) is 0. The van der Waals surface area contributed by atoms with Gasteiger partial charge in [0.05, 0.1) is 0 Å². The number of hydrogen-bond donors (Lipinski definition) is 0. The van der Waals surface area contributed by atoms with E-state index in [9.17, 15) is 0 Å². The molecule has 0 aliphatic heterocycles. The van der Waals surface area contributed by atoms with Gasteiger partial charge >= 0.3 is 0 Å². The molecule has 0 heteroatoms. The van der Waals surface area contributed by atoms with Crippen LogP contribution in [0, 0.1) is 5.92 Å². The van der Waals surface area contributed by atoms with Crippen LogP contribution in [-0.4, -0.2) is 0 Å². The third-order valence-corrected chi connectivity index (χ3v) is 2.90. The fraction of sp³-hybridized carbons (Fsp3) is 0.929. The maximum absolute atomic E-state index is 2.30. The maximum Gasteiger partial charge on any atom is -0.0241 e. The van der Waals surface area contributed by atoms with Crippen LogP contribution in [0.25, 0.3) is 0 Å². The van der Waals surface area contributed by atoms with E-state index >= 15 is 0 Å². The second-order valence-electron chi connectivity index (χ2n) is 4.41. The molecule has 0 aliphatic carbocycles. The fourth-order valence-corrected chi connectivity index (χ4v) is 1.85. The van der Waals surface area contributed by atoms with Crippen LogP contribution in [0.15, 0.2) is 0 Å². The van der Waals surface area contributed by atoms with E-state index in [1.54, 1.807) is 0 Å². The van der Waals surface area contributed by atoms with Gasteiger partial charge in [0, 0.05) is 0 Å². The first-order chi connectivity index (χ1) is 6.85. The molecular formula is C14H29. The maximum atomic E-state index is 2.30. The molecule has 0 aliphatic rings. The van der Waals surface area contributed by atoms with Gasteiger partial charge in [0.15, 0.2) is 0 Å². The molecule has 0 atom stereocenters. The molecule has 0 amide bonds. The summed E-state index contributed by atoms with van der Waals surface area (Å²) in [7, 11) is 0. The van der Waals surface area contributed by atoms with E-state index in [0.29, 0.717) is 0 Å². The third-order valence-electron chi connectivity index (χ3n) is 2.90. The Morgan fingerprint density at radius 2 is 1.00 bits per heavy atom. The first-order valence-electron chi connectivity index (χ1n) is 6.68. The highest BCUT2D eigenvalue weighted by molar-refractivity contribution is 4.88. The van der Waals surface area contributed by atoms with Crippen molar-refractivity contribution >= 4 is 0 Å². The van der Waals surface area contributed by atoms with E-state index in [0.717, 1.165) is 0 Å². The Morgan fingerprint density at radius 1 is 0.571 bits per heavy atom. The second-order valence-corrected chi connectivity index (χ2v) is 4.41. The lowest BCUT2D eigenvalue weighted by Crippen LogP contribution is -1.98. The van der Waals surface area contributed by atoms with Crippen LogP contribution in [0.4, 0.5) is 0 Å². The molecule has 0 saturated heterocycles. The standard InChI is InChI=1S/C14H29/c1-4-7-10-13-14(11-8-5-2)12-9-6-3/h4-13H2,1-3H3. The van der Waals surface area contributed by atoms with Gasteiger partial charge < -0.3 is 0 Å². The summed E-state index contributed by atoms with van der Waals surface area (Å²) in [5.74, 6) is 1.85. The Balaban J connectivity index is 3.49. The smallest absolute Gasteiger partial charge is 0.0241 e. The van der Waals surface area contributed by atoms with Crippen LogP contribution in [0.3, 0.4) is 0 Å². The Morgan fingerprint density at radius 3 is 1.43 bits per heavy atom. The van der Waals surface area contributed by atoms with Gasteiger partial charge in [-0.25, -0.2) is 0 Å². The minimum Gasteiger partial charge on any atom is -0.0654 e. The molecule has 0 spiro atoms. The third kappa shape index (κ3) is 8.59. The van der Waals surface area contributed by atoms with E-state index in [4.69, 9.17) is 0 Å². The van der Waals surface area contributed by atoms with E-state index in [1.165, 1.54) is 64.2 Å². The Kier molecular flexibility index (Phi) is 11.1. The molecule has 0 nitrogen and oxygen atoms in total. The van der Waals surface area contributed by atoms with E-state index < -0.39 is 0 Å².